The van der Waals surface area contributed by atoms with Gasteiger partial charge in [-0.1, -0.05) is 29.8 Å². The van der Waals surface area contributed by atoms with Crippen molar-refractivity contribution in [2.75, 3.05) is 15.9 Å². The molecule has 2 rings (SSSR count). The summed E-state index contributed by atoms with van der Waals surface area (Å²) in [7, 11) is -3.69. The first-order chi connectivity index (χ1) is 11.6. The van der Waals surface area contributed by atoms with Gasteiger partial charge in [0, 0.05) is 9.50 Å². The predicted octanol–water partition coefficient (Wildman–Crippen LogP) is 4.20. The highest BCUT2D eigenvalue weighted by Gasteiger charge is 2.29. The highest BCUT2D eigenvalue weighted by Crippen LogP contribution is 2.28. The van der Waals surface area contributed by atoms with Crippen molar-refractivity contribution >= 4 is 54.8 Å². The molecular formula is C17H18BrClN2O3S. The molecule has 134 valence electrons. The van der Waals surface area contributed by atoms with E-state index in [1.54, 1.807) is 36.4 Å². The number of amides is 1. The number of benzene rings is 2. The van der Waals surface area contributed by atoms with Crippen LogP contribution in [0.1, 0.15) is 12.5 Å². The van der Waals surface area contributed by atoms with Gasteiger partial charge in [0.15, 0.2) is 0 Å². The van der Waals surface area contributed by atoms with Crippen molar-refractivity contribution in [2.45, 2.75) is 19.9 Å². The molecule has 0 saturated heterocycles. The van der Waals surface area contributed by atoms with Gasteiger partial charge in [0.2, 0.25) is 15.9 Å². The second-order valence-corrected chi connectivity index (χ2v) is 8.76. The van der Waals surface area contributed by atoms with Crippen LogP contribution in [0.3, 0.4) is 0 Å². The molecule has 0 radical (unpaired) electrons. The first-order valence-electron chi connectivity index (χ1n) is 7.42. The zero-order valence-corrected chi connectivity index (χ0v) is 17.1. The van der Waals surface area contributed by atoms with E-state index in [2.05, 4.69) is 21.2 Å². The van der Waals surface area contributed by atoms with Gasteiger partial charge in [-0.25, -0.2) is 8.42 Å². The van der Waals surface area contributed by atoms with Crippen LogP contribution in [0, 0.1) is 6.92 Å². The summed E-state index contributed by atoms with van der Waals surface area (Å²) in [6.07, 6.45) is 1.06. The lowest BCUT2D eigenvalue weighted by atomic mass is 10.2. The molecule has 2 aromatic carbocycles. The molecule has 0 bridgehead atoms. The minimum atomic E-state index is -3.69. The summed E-state index contributed by atoms with van der Waals surface area (Å²) in [5, 5.41) is 3.17. The Balaban J connectivity index is 2.36. The smallest absolute Gasteiger partial charge is 0.248 e. The molecular weight excluding hydrogens is 428 g/mol. The van der Waals surface area contributed by atoms with Crippen molar-refractivity contribution in [3.63, 3.8) is 0 Å². The fraction of sp³-hybridized carbons (Fsp3) is 0.235. The topological polar surface area (TPSA) is 66.5 Å². The average molecular weight is 446 g/mol. The number of para-hydroxylation sites is 1. The standard InChI is InChI=1S/C17H18BrClN2O3S/c1-11-8-9-13(10-15(11)19)21(25(3,23)24)12(2)17(22)20-16-7-5-4-6-14(16)18/h4-10,12H,1-3H3,(H,20,22)/t12-/m0/s1. The molecule has 1 N–H and O–H groups in total. The van der Waals surface area contributed by atoms with Crippen LogP contribution in [-0.4, -0.2) is 26.6 Å². The number of rotatable bonds is 5. The van der Waals surface area contributed by atoms with Crippen molar-refractivity contribution < 1.29 is 13.2 Å². The molecule has 25 heavy (non-hydrogen) atoms. The van der Waals surface area contributed by atoms with Crippen LogP contribution in [0.4, 0.5) is 11.4 Å². The molecule has 0 heterocycles. The molecule has 0 fully saturated rings. The Kier molecular flexibility index (Phi) is 6.13. The summed E-state index contributed by atoms with van der Waals surface area (Å²) in [6, 6.07) is 11.0. The molecule has 1 amide bonds. The molecule has 1 atom stereocenters. The Morgan fingerprint density at radius 3 is 2.44 bits per heavy atom. The molecule has 5 nitrogen and oxygen atoms in total. The van der Waals surface area contributed by atoms with Gasteiger partial charge < -0.3 is 5.32 Å². The third-order valence-corrected chi connectivity index (χ3v) is 5.97. The van der Waals surface area contributed by atoms with Gasteiger partial charge in [0.1, 0.15) is 6.04 Å². The van der Waals surface area contributed by atoms with Crippen molar-refractivity contribution in [1.82, 2.24) is 0 Å². The van der Waals surface area contributed by atoms with Crippen LogP contribution in [0.2, 0.25) is 5.02 Å². The maximum absolute atomic E-state index is 12.6. The second kappa shape index (κ2) is 7.76. The highest BCUT2D eigenvalue weighted by atomic mass is 79.9. The normalized spacial score (nSPS) is 12.5. The molecule has 0 unspecified atom stereocenters. The first-order valence-corrected chi connectivity index (χ1v) is 10.4. The van der Waals surface area contributed by atoms with Crippen molar-refractivity contribution in [1.29, 1.82) is 0 Å². The average Bonchev–Trinajstić information content (AvgIpc) is 2.51. The molecule has 0 saturated carbocycles. The predicted molar refractivity (Wildman–Crippen MR) is 106 cm³/mol. The number of carbonyl (C=O) groups excluding carboxylic acids is 1. The van der Waals surface area contributed by atoms with Gasteiger partial charge >= 0.3 is 0 Å². The zero-order chi connectivity index (χ0) is 18.8. The lowest BCUT2D eigenvalue weighted by Crippen LogP contribution is -2.45. The summed E-state index contributed by atoms with van der Waals surface area (Å²) < 4.78 is 26.3. The third kappa shape index (κ3) is 4.74. The van der Waals surface area contributed by atoms with Gasteiger partial charge in [-0.3, -0.25) is 9.10 Å². The zero-order valence-electron chi connectivity index (χ0n) is 14.0. The Hall–Kier alpha value is -1.57. The lowest BCUT2D eigenvalue weighted by molar-refractivity contribution is -0.116. The number of halogens is 2. The summed E-state index contributed by atoms with van der Waals surface area (Å²) in [5.41, 5.74) is 1.73. The molecule has 8 heteroatoms. The molecule has 2 aromatic rings. The monoisotopic (exact) mass is 444 g/mol. The quantitative estimate of drug-likeness (QED) is 0.750. The summed E-state index contributed by atoms with van der Waals surface area (Å²) in [4.78, 5) is 12.6. The Bertz CT molecular complexity index is 903. The third-order valence-electron chi connectivity index (χ3n) is 3.63. The van der Waals surface area contributed by atoms with Crippen LogP contribution in [0.5, 0.6) is 0 Å². The van der Waals surface area contributed by atoms with E-state index in [4.69, 9.17) is 11.6 Å². The van der Waals surface area contributed by atoms with Crippen LogP contribution in [-0.2, 0) is 14.8 Å². The largest absolute Gasteiger partial charge is 0.323 e. The number of hydrogen-bond donors (Lipinski definition) is 1. The molecule has 0 spiro atoms. The SMILES string of the molecule is Cc1ccc(N([C@@H](C)C(=O)Nc2ccccc2Br)S(C)(=O)=O)cc1Cl. The van der Waals surface area contributed by atoms with Gasteiger partial charge in [-0.15, -0.1) is 0 Å². The molecule has 0 aliphatic carbocycles. The summed E-state index contributed by atoms with van der Waals surface area (Å²) >= 11 is 9.46. The summed E-state index contributed by atoms with van der Waals surface area (Å²) in [5.74, 6) is -0.450. The van der Waals surface area contributed by atoms with E-state index in [0.29, 0.717) is 20.9 Å². The van der Waals surface area contributed by atoms with Gasteiger partial charge in [-0.05, 0) is 59.6 Å². The number of anilines is 2. The fourth-order valence-electron chi connectivity index (χ4n) is 2.33. The lowest BCUT2D eigenvalue weighted by Gasteiger charge is -2.28. The number of hydrogen-bond acceptors (Lipinski definition) is 3. The van der Waals surface area contributed by atoms with Crippen LogP contribution >= 0.6 is 27.5 Å². The first kappa shape index (κ1) is 19.8. The van der Waals surface area contributed by atoms with E-state index in [0.717, 1.165) is 16.1 Å². The van der Waals surface area contributed by atoms with Crippen molar-refractivity contribution in [3.8, 4) is 0 Å². The molecule has 0 aliphatic rings. The van der Waals surface area contributed by atoms with Gasteiger partial charge in [0.25, 0.3) is 0 Å². The van der Waals surface area contributed by atoms with E-state index >= 15 is 0 Å². The highest BCUT2D eigenvalue weighted by molar-refractivity contribution is 9.10. The molecule has 0 aliphatic heterocycles. The van der Waals surface area contributed by atoms with Crippen molar-refractivity contribution in [3.05, 3.63) is 57.5 Å². The van der Waals surface area contributed by atoms with E-state index < -0.39 is 22.0 Å². The minimum Gasteiger partial charge on any atom is -0.323 e. The van der Waals surface area contributed by atoms with E-state index in [1.165, 1.54) is 6.92 Å². The van der Waals surface area contributed by atoms with Crippen LogP contribution < -0.4 is 9.62 Å². The summed E-state index contributed by atoms with van der Waals surface area (Å²) in [6.45, 7) is 3.35. The number of nitrogens with one attached hydrogen (secondary N) is 1. The van der Waals surface area contributed by atoms with Crippen LogP contribution in [0.25, 0.3) is 0 Å². The number of carbonyl (C=O) groups is 1. The Morgan fingerprint density at radius 1 is 1.24 bits per heavy atom. The maximum Gasteiger partial charge on any atom is 0.248 e. The number of aryl methyl sites for hydroxylation is 1. The van der Waals surface area contributed by atoms with Crippen molar-refractivity contribution in [2.24, 2.45) is 0 Å². The Morgan fingerprint density at radius 2 is 1.88 bits per heavy atom. The van der Waals surface area contributed by atoms with Gasteiger partial charge in [-0.2, -0.15) is 0 Å². The van der Waals surface area contributed by atoms with E-state index in [1.807, 2.05) is 13.0 Å². The Labute approximate surface area is 161 Å². The van der Waals surface area contributed by atoms with E-state index in [-0.39, 0.29) is 0 Å². The maximum atomic E-state index is 12.6. The van der Waals surface area contributed by atoms with E-state index in [9.17, 15) is 13.2 Å². The fourth-order valence-corrected chi connectivity index (χ4v) is 4.05. The second-order valence-electron chi connectivity index (χ2n) is 5.64. The molecule has 0 aromatic heterocycles. The van der Waals surface area contributed by atoms with Gasteiger partial charge in [0.05, 0.1) is 17.6 Å². The van der Waals surface area contributed by atoms with Crippen LogP contribution in [0.15, 0.2) is 46.9 Å². The number of nitrogens with zero attached hydrogens (tertiary/aromatic N) is 1. The number of sulfonamides is 1. The minimum absolute atomic E-state index is 0.341.